The van der Waals surface area contributed by atoms with Crippen LogP contribution >= 0.6 is 59.4 Å². The number of ether oxygens (including phenoxy) is 2. The molecule has 6 heteroatoms. The molecular weight excluding hydrogens is 475 g/mol. The number of benzene rings is 2. The van der Waals surface area contributed by atoms with Crippen molar-refractivity contribution < 1.29 is 9.47 Å². The highest BCUT2D eigenvalue weighted by molar-refractivity contribution is 9.11. The molecule has 106 valence electrons. The van der Waals surface area contributed by atoms with Crippen molar-refractivity contribution in [2.24, 2.45) is 0 Å². The Morgan fingerprint density at radius 3 is 2.20 bits per heavy atom. The molecule has 20 heavy (non-hydrogen) atoms. The summed E-state index contributed by atoms with van der Waals surface area (Å²) < 4.78 is 13.7. The first kappa shape index (κ1) is 16.1. The first-order valence-electron chi connectivity index (χ1n) is 5.60. The lowest BCUT2D eigenvalue weighted by atomic mass is 10.2. The van der Waals surface area contributed by atoms with Crippen molar-refractivity contribution in [2.45, 2.75) is 5.88 Å². The quantitative estimate of drug-likeness (QED) is 0.460. The molecule has 0 N–H and O–H groups in total. The van der Waals surface area contributed by atoms with E-state index in [-0.39, 0.29) is 0 Å². The Balaban J connectivity index is 2.30. The smallest absolute Gasteiger partial charge is 0.143 e. The number of rotatable bonds is 4. The highest BCUT2D eigenvalue weighted by Gasteiger charge is 2.10. The van der Waals surface area contributed by atoms with E-state index >= 15 is 0 Å². The van der Waals surface area contributed by atoms with E-state index in [1.165, 1.54) is 0 Å². The molecule has 0 saturated carbocycles. The molecule has 0 aliphatic rings. The fraction of sp³-hybridized carbons (Fsp3) is 0.143. The zero-order valence-corrected chi connectivity index (χ0v) is 15.9. The van der Waals surface area contributed by atoms with E-state index in [9.17, 15) is 0 Å². The maximum atomic E-state index is 5.86. The van der Waals surface area contributed by atoms with Crippen molar-refractivity contribution in [2.75, 3.05) is 7.11 Å². The second-order valence-electron chi connectivity index (χ2n) is 3.91. The Kier molecular flexibility index (Phi) is 5.78. The molecule has 0 heterocycles. The lowest BCUT2D eigenvalue weighted by Crippen LogP contribution is -1.90. The highest BCUT2D eigenvalue weighted by Crippen LogP contribution is 2.38. The lowest BCUT2D eigenvalue weighted by molar-refractivity contribution is 0.409. The second kappa shape index (κ2) is 7.16. The monoisotopic (exact) mass is 482 g/mol. The van der Waals surface area contributed by atoms with E-state index in [0.717, 1.165) is 30.5 Å². The molecule has 0 aromatic heterocycles. The van der Waals surface area contributed by atoms with Crippen LogP contribution < -0.4 is 9.47 Å². The van der Waals surface area contributed by atoms with Gasteiger partial charge in [0.05, 0.1) is 16.1 Å². The second-order valence-corrected chi connectivity index (χ2v) is 6.74. The summed E-state index contributed by atoms with van der Waals surface area (Å²) in [4.78, 5) is 0. The van der Waals surface area contributed by atoms with Gasteiger partial charge in [0, 0.05) is 10.4 Å². The molecule has 0 radical (unpaired) electrons. The number of halogens is 4. The zero-order valence-electron chi connectivity index (χ0n) is 10.4. The van der Waals surface area contributed by atoms with Gasteiger partial charge in [-0.3, -0.25) is 0 Å². The molecule has 2 nitrogen and oxygen atoms in total. The van der Waals surface area contributed by atoms with Gasteiger partial charge in [0.15, 0.2) is 0 Å². The van der Waals surface area contributed by atoms with Gasteiger partial charge in [0.25, 0.3) is 0 Å². The fourth-order valence-corrected chi connectivity index (χ4v) is 3.35. The van der Waals surface area contributed by atoms with Gasteiger partial charge in [0.2, 0.25) is 0 Å². The van der Waals surface area contributed by atoms with Gasteiger partial charge in [-0.1, -0.05) is 22.0 Å². The van der Waals surface area contributed by atoms with Crippen LogP contribution in [-0.2, 0) is 5.88 Å². The van der Waals surface area contributed by atoms with Crippen LogP contribution in [-0.4, -0.2) is 7.11 Å². The fourth-order valence-electron chi connectivity index (χ4n) is 1.57. The van der Waals surface area contributed by atoms with Crippen molar-refractivity contribution in [3.8, 4) is 17.2 Å². The Hall–Kier alpha value is -0.230. The molecule has 0 amide bonds. The molecule has 0 atom stereocenters. The highest BCUT2D eigenvalue weighted by atomic mass is 79.9. The minimum absolute atomic E-state index is 0.457. The van der Waals surface area contributed by atoms with E-state index in [2.05, 4.69) is 47.8 Å². The van der Waals surface area contributed by atoms with E-state index in [1.54, 1.807) is 7.11 Å². The van der Waals surface area contributed by atoms with Crippen LogP contribution in [0.15, 0.2) is 43.7 Å². The summed E-state index contributed by atoms with van der Waals surface area (Å²) in [6.07, 6.45) is 0. The van der Waals surface area contributed by atoms with Crippen LogP contribution in [0.1, 0.15) is 5.56 Å². The van der Waals surface area contributed by atoms with Gasteiger partial charge in [-0.2, -0.15) is 0 Å². The minimum Gasteiger partial charge on any atom is -0.496 e. The predicted molar refractivity (Wildman–Crippen MR) is 92.2 cm³/mol. The Bertz CT molecular complexity index is 632. The van der Waals surface area contributed by atoms with Gasteiger partial charge >= 0.3 is 0 Å². The van der Waals surface area contributed by atoms with Gasteiger partial charge in [-0.15, -0.1) is 11.6 Å². The molecule has 0 aliphatic carbocycles. The van der Waals surface area contributed by atoms with Crippen molar-refractivity contribution in [3.63, 3.8) is 0 Å². The molecule has 0 aliphatic heterocycles. The lowest BCUT2D eigenvalue weighted by Gasteiger charge is -2.12. The number of hydrogen-bond acceptors (Lipinski definition) is 2. The Morgan fingerprint density at radius 2 is 1.60 bits per heavy atom. The third-order valence-electron chi connectivity index (χ3n) is 2.60. The van der Waals surface area contributed by atoms with Gasteiger partial charge in [-0.05, 0) is 61.7 Å². The van der Waals surface area contributed by atoms with Crippen LogP contribution in [0.4, 0.5) is 0 Å². The van der Waals surface area contributed by atoms with Gasteiger partial charge in [-0.25, -0.2) is 0 Å². The number of methoxy groups -OCH3 is 1. The first-order chi connectivity index (χ1) is 9.55. The summed E-state index contributed by atoms with van der Waals surface area (Å²) in [5.41, 5.74) is 1.02. The molecule has 0 unspecified atom stereocenters. The first-order valence-corrected chi connectivity index (χ1v) is 8.51. The standard InChI is InChI=1S/C14H10Br3ClO2/c1-19-13-5-12(17)14(6-11(13)16)20-9-3-2-8(7-18)10(15)4-9/h2-6H,7H2,1H3. The summed E-state index contributed by atoms with van der Waals surface area (Å²) >= 11 is 16.2. The predicted octanol–water partition coefficient (Wildman–Crippen LogP) is 6.51. The third-order valence-corrected chi connectivity index (χ3v) is 4.87. The Labute approximate surface area is 147 Å². The van der Waals surface area contributed by atoms with Crippen molar-refractivity contribution >= 4 is 59.4 Å². The van der Waals surface area contributed by atoms with Crippen LogP contribution in [0.25, 0.3) is 0 Å². The Morgan fingerprint density at radius 1 is 0.950 bits per heavy atom. The number of hydrogen-bond donors (Lipinski definition) is 0. The van der Waals surface area contributed by atoms with Crippen LogP contribution in [0.3, 0.4) is 0 Å². The summed E-state index contributed by atoms with van der Waals surface area (Å²) in [5.74, 6) is 2.62. The van der Waals surface area contributed by atoms with E-state index in [0.29, 0.717) is 11.6 Å². The normalized spacial score (nSPS) is 10.4. The molecule has 2 rings (SSSR count). The SMILES string of the molecule is COc1cc(Br)c(Oc2ccc(CCl)c(Br)c2)cc1Br. The zero-order chi connectivity index (χ0) is 14.7. The summed E-state index contributed by atoms with van der Waals surface area (Å²) in [6.45, 7) is 0. The van der Waals surface area contributed by atoms with Crippen LogP contribution in [0.5, 0.6) is 17.2 Å². The molecule has 2 aromatic carbocycles. The van der Waals surface area contributed by atoms with E-state index in [1.807, 2.05) is 30.3 Å². The van der Waals surface area contributed by atoms with Crippen molar-refractivity contribution in [3.05, 3.63) is 49.3 Å². The summed E-state index contributed by atoms with van der Waals surface area (Å²) in [5, 5.41) is 0. The molecule has 0 fully saturated rings. The van der Waals surface area contributed by atoms with E-state index < -0.39 is 0 Å². The molecule has 0 saturated heterocycles. The van der Waals surface area contributed by atoms with Crippen molar-refractivity contribution in [1.29, 1.82) is 0 Å². The van der Waals surface area contributed by atoms with Crippen LogP contribution in [0, 0.1) is 0 Å². The average molecular weight is 485 g/mol. The van der Waals surface area contributed by atoms with Crippen LogP contribution in [0.2, 0.25) is 0 Å². The summed E-state index contributed by atoms with van der Waals surface area (Å²) in [7, 11) is 1.62. The molecule has 0 bridgehead atoms. The maximum Gasteiger partial charge on any atom is 0.143 e. The average Bonchev–Trinajstić information content (AvgIpc) is 2.42. The maximum absolute atomic E-state index is 5.86. The largest absolute Gasteiger partial charge is 0.496 e. The molecule has 0 spiro atoms. The van der Waals surface area contributed by atoms with Gasteiger partial charge < -0.3 is 9.47 Å². The minimum atomic E-state index is 0.457. The number of alkyl halides is 1. The van der Waals surface area contributed by atoms with Crippen molar-refractivity contribution in [1.82, 2.24) is 0 Å². The summed E-state index contributed by atoms with van der Waals surface area (Å²) in [6, 6.07) is 9.40. The topological polar surface area (TPSA) is 18.5 Å². The molecule has 2 aromatic rings. The third kappa shape index (κ3) is 3.70. The van der Waals surface area contributed by atoms with Gasteiger partial charge in [0.1, 0.15) is 17.2 Å². The van der Waals surface area contributed by atoms with E-state index in [4.69, 9.17) is 21.1 Å². The molecular formula is C14H10Br3ClO2.